The average Bonchev–Trinajstić information content (AvgIpc) is 3.38. The molecule has 2 aromatic carbocycles. The molecule has 2 saturated heterocycles. The van der Waals surface area contributed by atoms with E-state index in [1.165, 1.54) is 37.4 Å². The molecule has 3 atom stereocenters. The van der Waals surface area contributed by atoms with Gasteiger partial charge >= 0.3 is 6.01 Å². The first-order valence-electron chi connectivity index (χ1n) is 15.7. The first kappa shape index (κ1) is 30.5. The number of nitrogens with zero attached hydrogens (tertiary/aromatic N) is 5. The number of benzene rings is 2. The lowest BCUT2D eigenvalue weighted by Crippen LogP contribution is -2.50. The van der Waals surface area contributed by atoms with Crippen molar-refractivity contribution in [1.82, 2.24) is 19.9 Å². The van der Waals surface area contributed by atoms with Crippen molar-refractivity contribution >= 4 is 27.5 Å². The minimum absolute atomic E-state index is 0.0198. The second kappa shape index (κ2) is 11.6. The molecule has 3 unspecified atom stereocenters. The van der Waals surface area contributed by atoms with E-state index in [-0.39, 0.29) is 75.9 Å². The van der Waals surface area contributed by atoms with Crippen LogP contribution in [-0.2, 0) is 4.74 Å². The molecule has 240 valence electrons. The molecule has 3 aliphatic rings. The fourth-order valence-corrected chi connectivity index (χ4v) is 7.82. The molecule has 8 nitrogen and oxygen atoms in total. The molecule has 1 N–H and O–H groups in total. The van der Waals surface area contributed by atoms with Crippen LogP contribution in [0.2, 0.25) is 0 Å². The second-order valence-corrected chi connectivity index (χ2v) is 13.2. The molecule has 1 saturated carbocycles. The Hall–Kier alpha value is -4.14. The summed E-state index contributed by atoms with van der Waals surface area (Å²) in [4.78, 5) is 17.8. The lowest BCUT2D eigenvalue weighted by Gasteiger charge is -2.44. The van der Waals surface area contributed by atoms with Crippen molar-refractivity contribution in [2.24, 2.45) is 5.41 Å². The van der Waals surface area contributed by atoms with E-state index < -0.39 is 17.3 Å². The van der Waals surface area contributed by atoms with E-state index in [4.69, 9.17) is 20.9 Å². The molecule has 7 rings (SSSR count). The van der Waals surface area contributed by atoms with E-state index >= 15 is 8.78 Å². The number of hydrogen-bond acceptors (Lipinski definition) is 8. The monoisotopic (exact) mass is 631 g/mol. The molecule has 0 radical (unpaired) electrons. The van der Waals surface area contributed by atoms with Crippen LogP contribution in [0.1, 0.15) is 44.6 Å². The maximum atomic E-state index is 16.8. The summed E-state index contributed by atoms with van der Waals surface area (Å²) in [5, 5.41) is 11.5. The van der Waals surface area contributed by atoms with Crippen LogP contribution < -0.4 is 9.64 Å². The predicted molar refractivity (Wildman–Crippen MR) is 170 cm³/mol. The van der Waals surface area contributed by atoms with Crippen LogP contribution in [0, 0.1) is 29.4 Å². The summed E-state index contributed by atoms with van der Waals surface area (Å²) < 4.78 is 58.9. The van der Waals surface area contributed by atoms with Crippen molar-refractivity contribution in [2.45, 2.75) is 50.7 Å². The lowest BCUT2D eigenvalue weighted by atomic mass is 9.76. The summed E-state index contributed by atoms with van der Waals surface area (Å²) in [6.45, 7) is 3.31. The zero-order valence-electron chi connectivity index (χ0n) is 26.0. The second-order valence-electron chi connectivity index (χ2n) is 13.2. The number of ether oxygens (including phenoxy) is 2. The number of halogens is 3. The molecule has 3 fully saturated rings. The summed E-state index contributed by atoms with van der Waals surface area (Å²) >= 11 is 0. The van der Waals surface area contributed by atoms with Gasteiger partial charge in [-0.2, -0.15) is 9.97 Å². The number of phenolic OH excluding ortho intramolecular Hbond substituents is 1. The zero-order chi connectivity index (χ0) is 32.2. The van der Waals surface area contributed by atoms with Gasteiger partial charge in [0, 0.05) is 35.1 Å². The maximum absolute atomic E-state index is 16.8. The third-order valence-corrected chi connectivity index (χ3v) is 9.89. The predicted octanol–water partition coefficient (Wildman–Crippen LogP) is 6.02. The first-order valence-corrected chi connectivity index (χ1v) is 15.7. The van der Waals surface area contributed by atoms with E-state index in [1.54, 1.807) is 4.90 Å². The Bertz CT molecular complexity index is 1880. The minimum Gasteiger partial charge on any atom is -0.508 e. The van der Waals surface area contributed by atoms with Gasteiger partial charge in [0.1, 0.15) is 34.3 Å². The van der Waals surface area contributed by atoms with Gasteiger partial charge in [-0.3, -0.25) is 4.98 Å². The molecule has 4 heterocycles. The summed E-state index contributed by atoms with van der Waals surface area (Å²) in [7, 11) is 2.15. The number of alkyl halides is 1. The Balaban J connectivity index is 1.39. The highest BCUT2D eigenvalue weighted by molar-refractivity contribution is 6.03. The molecule has 2 aliphatic heterocycles. The zero-order valence-corrected chi connectivity index (χ0v) is 26.0. The highest BCUT2D eigenvalue weighted by Crippen LogP contribution is 2.47. The summed E-state index contributed by atoms with van der Waals surface area (Å²) in [5.74, 6) is 0.995. The van der Waals surface area contributed by atoms with Crippen LogP contribution in [0.5, 0.6) is 11.8 Å². The number of rotatable bonds is 5. The van der Waals surface area contributed by atoms with Gasteiger partial charge in [0.05, 0.1) is 37.3 Å². The molecular formula is C35H36F3N5O3. The highest BCUT2D eigenvalue weighted by Gasteiger charge is 2.47. The van der Waals surface area contributed by atoms with Gasteiger partial charge in [-0.25, -0.2) is 13.2 Å². The smallest absolute Gasteiger partial charge is 0.319 e. The SMILES string of the molecule is C#Cc1c(F)ccc2cc(O)cc(-c3ncc4c(N5CCOCC(C)(F)C5)nc(OCC56CCCC5N(C)CCC6)nc4c3F)c12. The number of likely N-dealkylation sites (tertiary alicyclic amines) is 1. The largest absolute Gasteiger partial charge is 0.508 e. The number of terminal acetylenes is 1. The number of fused-ring (bicyclic) bond motifs is 3. The van der Waals surface area contributed by atoms with Gasteiger partial charge in [0.2, 0.25) is 0 Å². The molecule has 2 aromatic heterocycles. The van der Waals surface area contributed by atoms with Gasteiger partial charge in [0.15, 0.2) is 5.82 Å². The Labute approximate surface area is 265 Å². The molecule has 1 aliphatic carbocycles. The average molecular weight is 632 g/mol. The van der Waals surface area contributed by atoms with E-state index in [1.807, 2.05) is 0 Å². The minimum atomic E-state index is -1.68. The number of piperidine rings is 1. The van der Waals surface area contributed by atoms with E-state index in [2.05, 4.69) is 27.8 Å². The topological polar surface area (TPSA) is 83.8 Å². The summed E-state index contributed by atoms with van der Waals surface area (Å²) in [6.07, 6.45) is 12.4. The van der Waals surface area contributed by atoms with Crippen molar-refractivity contribution in [3.8, 4) is 35.4 Å². The summed E-state index contributed by atoms with van der Waals surface area (Å²) in [6, 6.07) is 5.77. The number of aromatic nitrogens is 3. The Morgan fingerprint density at radius 1 is 1.17 bits per heavy atom. The van der Waals surface area contributed by atoms with Crippen molar-refractivity contribution in [3.05, 3.63) is 47.7 Å². The standard InChI is InChI=1S/C35H36F3N5O3/c1-4-23-26(36)9-8-21-15-22(44)16-24(28(21)23)30-29(37)31-25(17-39-30)32(43-13-14-45-19-34(2,38)18-43)41-33(40-31)46-20-35-10-5-7-27(35)42(3)12-6-11-35/h1,8-9,15-17,27,44H,5-7,10-14,18-20H2,2-3H3. The van der Waals surface area contributed by atoms with Crippen molar-refractivity contribution in [1.29, 1.82) is 0 Å². The molecule has 4 aromatic rings. The Morgan fingerprint density at radius 2 is 2.00 bits per heavy atom. The number of phenols is 1. The van der Waals surface area contributed by atoms with Gasteiger partial charge in [-0.15, -0.1) is 6.42 Å². The number of pyridine rings is 1. The summed E-state index contributed by atoms with van der Waals surface area (Å²) in [5.41, 5.74) is -1.97. The van der Waals surface area contributed by atoms with Gasteiger partial charge in [0.25, 0.3) is 0 Å². The Kier molecular flexibility index (Phi) is 7.68. The molecule has 0 spiro atoms. The first-order chi connectivity index (χ1) is 22.1. The van der Waals surface area contributed by atoms with Gasteiger partial charge < -0.3 is 24.4 Å². The normalized spacial score (nSPS) is 25.4. The van der Waals surface area contributed by atoms with E-state index in [0.717, 1.165) is 38.6 Å². The van der Waals surface area contributed by atoms with E-state index in [9.17, 15) is 9.50 Å². The third-order valence-electron chi connectivity index (χ3n) is 9.89. The number of aromatic hydroxyl groups is 1. The van der Waals surface area contributed by atoms with Crippen LogP contribution in [0.25, 0.3) is 32.9 Å². The van der Waals surface area contributed by atoms with Crippen LogP contribution in [0.3, 0.4) is 0 Å². The quantitative estimate of drug-likeness (QED) is 0.268. The maximum Gasteiger partial charge on any atom is 0.319 e. The highest BCUT2D eigenvalue weighted by atomic mass is 19.1. The molecule has 0 bridgehead atoms. The lowest BCUT2D eigenvalue weighted by molar-refractivity contribution is 0.0133. The Morgan fingerprint density at radius 3 is 2.83 bits per heavy atom. The molecular weight excluding hydrogens is 595 g/mol. The van der Waals surface area contributed by atoms with Crippen LogP contribution in [0.4, 0.5) is 19.0 Å². The van der Waals surface area contributed by atoms with Crippen LogP contribution >= 0.6 is 0 Å². The third kappa shape index (κ3) is 5.27. The fourth-order valence-electron chi connectivity index (χ4n) is 7.82. The van der Waals surface area contributed by atoms with Gasteiger partial charge in [-0.1, -0.05) is 18.4 Å². The van der Waals surface area contributed by atoms with Crippen molar-refractivity contribution < 1.29 is 27.8 Å². The fraction of sp³-hybridized carbons (Fsp3) is 0.457. The molecule has 46 heavy (non-hydrogen) atoms. The van der Waals surface area contributed by atoms with E-state index in [0.29, 0.717) is 24.6 Å². The number of anilines is 1. The van der Waals surface area contributed by atoms with Gasteiger partial charge in [-0.05, 0) is 69.8 Å². The van der Waals surface area contributed by atoms with Crippen molar-refractivity contribution in [2.75, 3.05) is 51.4 Å². The molecule has 11 heteroatoms. The number of hydrogen-bond donors (Lipinski definition) is 1. The van der Waals surface area contributed by atoms with Crippen molar-refractivity contribution in [3.63, 3.8) is 0 Å². The van der Waals surface area contributed by atoms with Crippen LogP contribution in [0.15, 0.2) is 30.5 Å². The van der Waals surface area contributed by atoms with Crippen LogP contribution in [-0.4, -0.2) is 83.2 Å². The molecule has 0 amide bonds.